The zero-order chi connectivity index (χ0) is 11.6. The van der Waals surface area contributed by atoms with Crippen LogP contribution in [0.25, 0.3) is 0 Å². The molecule has 1 unspecified atom stereocenters. The van der Waals surface area contributed by atoms with E-state index in [1.54, 1.807) is 0 Å². The molecule has 17 heavy (non-hydrogen) atoms. The molecule has 1 saturated heterocycles. The largest absolute Gasteiger partial charge is 1.00 e. The monoisotopic (exact) mass is 304 g/mol. The van der Waals surface area contributed by atoms with Crippen LogP contribution in [0.3, 0.4) is 0 Å². The Morgan fingerprint density at radius 1 is 1.35 bits per heavy atom. The van der Waals surface area contributed by atoms with Crippen molar-refractivity contribution in [2.75, 3.05) is 26.9 Å². The zero-order valence-corrected chi connectivity index (χ0v) is 16.3. The third-order valence-corrected chi connectivity index (χ3v) is 2.18. The summed E-state index contributed by atoms with van der Waals surface area (Å²) < 4.78 is 43.4. The number of rotatable bonds is 3. The predicted molar refractivity (Wildman–Crippen MR) is 40.9 cm³/mol. The molecule has 1 fully saturated rings. The van der Waals surface area contributed by atoms with Crippen molar-refractivity contribution in [2.24, 2.45) is 0 Å². The molecular formula is C6H10BF3K2N2O3. The predicted octanol–water partition coefficient (Wildman–Crippen LogP) is -8.19. The molecule has 0 bridgehead atoms. The summed E-state index contributed by atoms with van der Waals surface area (Å²) in [5.41, 5.74) is 0. The van der Waals surface area contributed by atoms with Crippen molar-refractivity contribution < 1.29 is 131 Å². The van der Waals surface area contributed by atoms with Crippen LogP contribution in [0, 0.1) is 0 Å². The molecule has 5 nitrogen and oxygen atoms in total. The summed E-state index contributed by atoms with van der Waals surface area (Å²) in [4.78, 5) is 1.18. The van der Waals surface area contributed by atoms with Crippen LogP contribution < -0.4 is 113 Å². The summed E-state index contributed by atoms with van der Waals surface area (Å²) >= 11 is 0. The van der Waals surface area contributed by atoms with Gasteiger partial charge in [-0.1, -0.05) is 0 Å². The minimum absolute atomic E-state index is 0. The second-order valence-electron chi connectivity index (χ2n) is 3.25. The fourth-order valence-corrected chi connectivity index (χ4v) is 1.26. The molecule has 0 saturated carbocycles. The van der Waals surface area contributed by atoms with E-state index in [-0.39, 0.29) is 116 Å². The molecule has 0 radical (unpaired) electrons. The SMILES string of the molecule is CN1CCN(COB([O-])[O-])C(F)(F)C1F.[K+].[K+]. The number of halogens is 3. The maximum Gasteiger partial charge on any atom is 1.00 e. The van der Waals surface area contributed by atoms with Crippen molar-refractivity contribution in [3.63, 3.8) is 0 Å². The summed E-state index contributed by atoms with van der Waals surface area (Å²) in [6.07, 6.45) is -2.47. The van der Waals surface area contributed by atoms with Gasteiger partial charge in [-0.15, -0.1) is 0 Å². The van der Waals surface area contributed by atoms with E-state index < -0.39 is 26.4 Å². The normalized spacial score (nSPS) is 24.7. The number of nitrogens with zero attached hydrogens (tertiary/aromatic N) is 2. The average Bonchev–Trinajstić information content (AvgIpc) is 2.13. The Kier molecular flexibility index (Phi) is 12.8. The molecule has 0 N–H and O–H groups in total. The van der Waals surface area contributed by atoms with E-state index in [2.05, 4.69) is 4.65 Å². The van der Waals surface area contributed by atoms with Crippen LogP contribution in [0.15, 0.2) is 0 Å². The van der Waals surface area contributed by atoms with Gasteiger partial charge in [-0.25, -0.2) is 9.29 Å². The first-order valence-corrected chi connectivity index (χ1v) is 4.26. The smallest absolute Gasteiger partial charge is 0.871 e. The molecule has 1 aliphatic heterocycles. The molecule has 11 heteroatoms. The Hall–Kier alpha value is 2.93. The molecule has 1 atom stereocenters. The summed E-state index contributed by atoms with van der Waals surface area (Å²) in [5, 5.41) is 19.9. The van der Waals surface area contributed by atoms with Gasteiger partial charge in [0.05, 0.1) is 14.1 Å². The Labute approximate surface area is 183 Å². The molecule has 0 aliphatic carbocycles. The van der Waals surface area contributed by atoms with E-state index in [4.69, 9.17) is 0 Å². The molecule has 0 amide bonds. The van der Waals surface area contributed by atoms with Crippen molar-refractivity contribution in [2.45, 2.75) is 12.3 Å². The molecule has 0 aromatic carbocycles. The molecule has 0 aromatic rings. The van der Waals surface area contributed by atoms with Gasteiger partial charge in [0.2, 0.25) is 6.30 Å². The van der Waals surface area contributed by atoms with Gasteiger partial charge in [0.15, 0.2) is 0 Å². The van der Waals surface area contributed by atoms with Crippen LogP contribution >= 0.6 is 0 Å². The van der Waals surface area contributed by atoms with Crippen LogP contribution in [0.4, 0.5) is 13.2 Å². The quantitative estimate of drug-likeness (QED) is 0.383. The Morgan fingerprint density at radius 2 is 1.88 bits per heavy atom. The molecule has 88 valence electrons. The Bertz CT molecular complexity index is 231. The second-order valence-corrected chi connectivity index (χ2v) is 3.25. The van der Waals surface area contributed by atoms with Crippen molar-refractivity contribution >= 4 is 7.32 Å². The third-order valence-electron chi connectivity index (χ3n) is 2.18. The summed E-state index contributed by atoms with van der Waals surface area (Å²) in [7, 11) is -1.42. The van der Waals surface area contributed by atoms with Crippen LogP contribution in [-0.4, -0.2) is 56.3 Å². The molecule has 1 heterocycles. The fourth-order valence-electron chi connectivity index (χ4n) is 1.26. The van der Waals surface area contributed by atoms with Crippen LogP contribution in [0.1, 0.15) is 0 Å². The zero-order valence-electron chi connectivity index (χ0n) is 10.0. The standard InChI is InChI=1S/C6H10BF3N2O3.2K/c1-11-2-3-12(4-15-7(13)14)6(9,10)5(11)8;;/h5H,2-4H2,1H3;;/q-2;2*+1. The number of hydrogen-bond acceptors (Lipinski definition) is 5. The number of likely N-dealkylation sites (N-methyl/N-ethyl adjacent to an activating group) is 1. The van der Waals surface area contributed by atoms with Crippen LogP contribution in [0.5, 0.6) is 0 Å². The summed E-state index contributed by atoms with van der Waals surface area (Å²) in [6.45, 7) is -0.960. The van der Waals surface area contributed by atoms with Gasteiger partial charge in [-0.2, -0.15) is 8.78 Å². The Balaban J connectivity index is 0. The van der Waals surface area contributed by atoms with E-state index in [0.29, 0.717) is 4.90 Å². The number of alkyl halides is 3. The maximum atomic E-state index is 13.2. The van der Waals surface area contributed by atoms with Gasteiger partial charge in [0, 0.05) is 13.1 Å². The van der Waals surface area contributed by atoms with Gasteiger partial charge in [0.1, 0.15) is 0 Å². The average molecular weight is 304 g/mol. The fraction of sp³-hybridized carbons (Fsp3) is 1.00. The summed E-state index contributed by atoms with van der Waals surface area (Å²) in [5.74, 6) is 0. The first-order valence-electron chi connectivity index (χ1n) is 4.26. The van der Waals surface area contributed by atoms with Gasteiger partial charge >= 0.3 is 109 Å². The van der Waals surface area contributed by atoms with Crippen molar-refractivity contribution in [1.82, 2.24) is 9.80 Å². The van der Waals surface area contributed by atoms with Crippen LogP contribution in [0.2, 0.25) is 0 Å². The third kappa shape index (κ3) is 6.48. The van der Waals surface area contributed by atoms with Crippen molar-refractivity contribution in [3.05, 3.63) is 0 Å². The first-order chi connectivity index (χ1) is 6.85. The first kappa shape index (κ1) is 22.2. The van der Waals surface area contributed by atoms with E-state index in [9.17, 15) is 23.2 Å². The molecule has 0 spiro atoms. The summed E-state index contributed by atoms with van der Waals surface area (Å²) in [6, 6.07) is -3.75. The van der Waals surface area contributed by atoms with E-state index in [0.717, 1.165) is 4.90 Å². The van der Waals surface area contributed by atoms with Gasteiger partial charge in [0.25, 0.3) is 0 Å². The second kappa shape index (κ2) is 9.79. The molecule has 1 aliphatic rings. The van der Waals surface area contributed by atoms with Gasteiger partial charge in [-0.05, 0) is 7.05 Å². The molecule has 1 rings (SSSR count). The van der Waals surface area contributed by atoms with Crippen molar-refractivity contribution in [3.8, 4) is 0 Å². The van der Waals surface area contributed by atoms with Gasteiger partial charge < -0.3 is 14.7 Å². The van der Waals surface area contributed by atoms with E-state index in [1.165, 1.54) is 7.05 Å². The van der Waals surface area contributed by atoms with E-state index in [1.807, 2.05) is 0 Å². The minimum Gasteiger partial charge on any atom is -0.871 e. The Morgan fingerprint density at radius 3 is 2.35 bits per heavy atom. The van der Waals surface area contributed by atoms with E-state index >= 15 is 0 Å². The number of piperazine rings is 1. The topological polar surface area (TPSA) is 61.8 Å². The molecule has 0 aromatic heterocycles. The number of hydrogen-bond donors (Lipinski definition) is 0. The molecular weight excluding hydrogens is 294 g/mol. The van der Waals surface area contributed by atoms with Crippen molar-refractivity contribution in [1.29, 1.82) is 0 Å². The van der Waals surface area contributed by atoms with Gasteiger partial charge in [-0.3, -0.25) is 4.90 Å². The maximum absolute atomic E-state index is 13.2. The minimum atomic E-state index is -3.75. The van der Waals surface area contributed by atoms with Crippen LogP contribution in [-0.2, 0) is 4.65 Å².